The van der Waals surface area contributed by atoms with Gasteiger partial charge in [-0.3, -0.25) is 0 Å². The van der Waals surface area contributed by atoms with Crippen molar-refractivity contribution in [1.82, 2.24) is 9.97 Å². The van der Waals surface area contributed by atoms with Gasteiger partial charge in [0.05, 0.1) is 11.0 Å². The molecule has 0 amide bonds. The van der Waals surface area contributed by atoms with Gasteiger partial charge in [-0.2, -0.15) is 0 Å². The third-order valence-corrected chi connectivity index (χ3v) is 6.19. The number of rotatable bonds is 2. The summed E-state index contributed by atoms with van der Waals surface area (Å²) in [6.07, 6.45) is 0. The van der Waals surface area contributed by atoms with Gasteiger partial charge in [-0.05, 0) is 53.1 Å². The fraction of sp³-hybridized carbons (Fsp3) is 0. The molecule has 1 N–H and O–H groups in total. The zero-order valence-electron chi connectivity index (χ0n) is 16.1. The van der Waals surface area contributed by atoms with E-state index in [0.717, 1.165) is 32.3 Å². The van der Waals surface area contributed by atoms with Crippen LogP contribution in [0.3, 0.4) is 0 Å². The van der Waals surface area contributed by atoms with Crippen LogP contribution in [0, 0.1) is 0 Å². The van der Waals surface area contributed by atoms with Crippen LogP contribution in [0.15, 0.2) is 102 Å². The van der Waals surface area contributed by atoms with Gasteiger partial charge in [-0.1, -0.05) is 76.6 Å². The number of aromatic nitrogens is 2. The Bertz CT molecular complexity index is 1530. The number of nitrogens with zero attached hydrogens (tertiary/aromatic N) is 1. The topological polar surface area (TPSA) is 28.7 Å². The molecule has 0 aliphatic rings. The third kappa shape index (κ3) is 2.82. The summed E-state index contributed by atoms with van der Waals surface area (Å²) in [5.74, 6) is 0. The van der Waals surface area contributed by atoms with E-state index in [0.29, 0.717) is 0 Å². The van der Waals surface area contributed by atoms with Gasteiger partial charge < -0.3 is 4.98 Å². The summed E-state index contributed by atoms with van der Waals surface area (Å²) in [5.41, 5.74) is 7.84. The minimum absolute atomic E-state index is 1.03. The summed E-state index contributed by atoms with van der Waals surface area (Å²) in [5, 5.41) is 3.55. The minimum Gasteiger partial charge on any atom is -0.354 e. The maximum Gasteiger partial charge on any atom is 0.0724 e. The zero-order valence-corrected chi connectivity index (χ0v) is 17.6. The lowest BCUT2D eigenvalue weighted by atomic mass is 9.97. The molecule has 2 heterocycles. The number of nitrogens with one attached hydrogen (secondary N) is 1. The SMILES string of the molecule is Brc1ccc(-c2cc(-c3ccccc3)c3cc4nc5ccccc5c4cc3[nH]2)cc1. The number of halogens is 1. The highest BCUT2D eigenvalue weighted by molar-refractivity contribution is 9.10. The lowest BCUT2D eigenvalue weighted by Crippen LogP contribution is -1.90. The summed E-state index contributed by atoms with van der Waals surface area (Å²) < 4.78 is 1.08. The van der Waals surface area contributed by atoms with Crippen molar-refractivity contribution >= 4 is 48.6 Å². The Balaban J connectivity index is 1.71. The fourth-order valence-electron chi connectivity index (χ4n) is 4.20. The first-order chi connectivity index (χ1) is 14.8. The monoisotopic (exact) mass is 448 g/mol. The molecule has 0 unspecified atom stereocenters. The summed E-state index contributed by atoms with van der Waals surface area (Å²) in [4.78, 5) is 8.55. The summed E-state index contributed by atoms with van der Waals surface area (Å²) >= 11 is 3.54. The number of hydrogen-bond acceptors (Lipinski definition) is 1. The average molecular weight is 449 g/mol. The van der Waals surface area contributed by atoms with Crippen molar-refractivity contribution < 1.29 is 0 Å². The van der Waals surface area contributed by atoms with Gasteiger partial charge in [0.25, 0.3) is 0 Å². The molecule has 3 heteroatoms. The summed E-state index contributed by atoms with van der Waals surface area (Å²) in [7, 11) is 0. The van der Waals surface area contributed by atoms with Crippen LogP contribution in [-0.2, 0) is 0 Å². The van der Waals surface area contributed by atoms with E-state index in [1.807, 2.05) is 6.07 Å². The van der Waals surface area contributed by atoms with E-state index < -0.39 is 0 Å². The molecule has 0 radical (unpaired) electrons. The lowest BCUT2D eigenvalue weighted by molar-refractivity contribution is 1.40. The van der Waals surface area contributed by atoms with Crippen molar-refractivity contribution in [3.05, 3.63) is 102 Å². The number of hydrogen-bond donors (Lipinski definition) is 1. The standard InChI is InChI=1S/C27H17BrN2/c28-19-12-10-18(11-13-19)25-14-21(17-6-2-1-3-7-17)23-16-26-22(15-27(23)30-25)20-8-4-5-9-24(20)29-26/h1-16,30H. The van der Waals surface area contributed by atoms with Crippen molar-refractivity contribution in [2.24, 2.45) is 0 Å². The zero-order chi connectivity index (χ0) is 20.1. The molecule has 0 saturated carbocycles. The maximum atomic E-state index is 4.87. The van der Waals surface area contributed by atoms with Gasteiger partial charge >= 0.3 is 0 Å². The predicted molar refractivity (Wildman–Crippen MR) is 130 cm³/mol. The van der Waals surface area contributed by atoms with Crippen molar-refractivity contribution in [3.63, 3.8) is 0 Å². The van der Waals surface area contributed by atoms with Crippen molar-refractivity contribution in [3.8, 4) is 22.4 Å². The van der Waals surface area contributed by atoms with Crippen LogP contribution in [0.25, 0.3) is 55.1 Å². The van der Waals surface area contributed by atoms with Crippen LogP contribution >= 0.6 is 15.9 Å². The van der Waals surface area contributed by atoms with E-state index in [2.05, 4.69) is 112 Å². The average Bonchev–Trinajstić information content (AvgIpc) is 3.15. The van der Waals surface area contributed by atoms with Gasteiger partial charge in [-0.25, -0.2) is 4.98 Å². The first-order valence-electron chi connectivity index (χ1n) is 9.93. The molecule has 2 nitrogen and oxygen atoms in total. The number of aromatic amines is 1. The molecule has 0 bridgehead atoms. The Kier molecular flexibility index (Phi) is 3.96. The molecule has 6 rings (SSSR count). The molecule has 6 aromatic rings. The molecule has 0 saturated heterocycles. The highest BCUT2D eigenvalue weighted by Gasteiger charge is 2.12. The third-order valence-electron chi connectivity index (χ3n) is 5.66. The van der Waals surface area contributed by atoms with Gasteiger partial charge in [0.1, 0.15) is 0 Å². The smallest absolute Gasteiger partial charge is 0.0724 e. The van der Waals surface area contributed by atoms with Gasteiger partial charge in [0, 0.05) is 31.8 Å². The predicted octanol–water partition coefficient (Wildman–Crippen LogP) is 7.97. The highest BCUT2D eigenvalue weighted by atomic mass is 79.9. The molecular formula is C27H17BrN2. The molecule has 0 atom stereocenters. The first kappa shape index (κ1) is 17.4. The Morgan fingerprint density at radius 3 is 2.20 bits per heavy atom. The van der Waals surface area contributed by atoms with Crippen molar-refractivity contribution in [1.29, 1.82) is 0 Å². The van der Waals surface area contributed by atoms with Crippen LogP contribution in [-0.4, -0.2) is 9.97 Å². The van der Waals surface area contributed by atoms with Gasteiger partial charge in [0.15, 0.2) is 0 Å². The van der Waals surface area contributed by atoms with Crippen LogP contribution in [0.5, 0.6) is 0 Å². The molecule has 4 aromatic carbocycles. The van der Waals surface area contributed by atoms with E-state index in [9.17, 15) is 0 Å². The van der Waals surface area contributed by atoms with Crippen LogP contribution in [0.4, 0.5) is 0 Å². The molecule has 0 aliphatic heterocycles. The van der Waals surface area contributed by atoms with Crippen LogP contribution in [0.1, 0.15) is 0 Å². The first-order valence-corrected chi connectivity index (χ1v) is 10.7. The highest BCUT2D eigenvalue weighted by Crippen LogP contribution is 2.36. The largest absolute Gasteiger partial charge is 0.354 e. The Morgan fingerprint density at radius 1 is 0.600 bits per heavy atom. The Hall–Kier alpha value is -3.43. The van der Waals surface area contributed by atoms with E-state index >= 15 is 0 Å². The molecular weight excluding hydrogens is 432 g/mol. The van der Waals surface area contributed by atoms with Crippen molar-refractivity contribution in [2.75, 3.05) is 0 Å². The molecule has 0 aliphatic carbocycles. The Morgan fingerprint density at radius 2 is 1.37 bits per heavy atom. The maximum absolute atomic E-state index is 4.87. The quantitative estimate of drug-likeness (QED) is 0.285. The number of fused-ring (bicyclic) bond motifs is 4. The normalized spacial score (nSPS) is 11.5. The molecule has 0 spiro atoms. The van der Waals surface area contributed by atoms with E-state index in [-0.39, 0.29) is 0 Å². The van der Waals surface area contributed by atoms with Crippen LogP contribution in [0.2, 0.25) is 0 Å². The van der Waals surface area contributed by atoms with Crippen LogP contribution < -0.4 is 0 Å². The summed E-state index contributed by atoms with van der Waals surface area (Å²) in [6, 6.07) is 34.0. The van der Waals surface area contributed by atoms with E-state index in [1.54, 1.807) is 0 Å². The summed E-state index contributed by atoms with van der Waals surface area (Å²) in [6.45, 7) is 0. The van der Waals surface area contributed by atoms with Gasteiger partial charge in [0.2, 0.25) is 0 Å². The van der Waals surface area contributed by atoms with Crippen molar-refractivity contribution in [2.45, 2.75) is 0 Å². The molecule has 30 heavy (non-hydrogen) atoms. The lowest BCUT2D eigenvalue weighted by Gasteiger charge is -2.12. The van der Waals surface area contributed by atoms with E-state index in [4.69, 9.17) is 4.98 Å². The number of benzene rings is 4. The number of para-hydroxylation sites is 1. The molecule has 2 aromatic heterocycles. The second kappa shape index (κ2) is 6.82. The second-order valence-electron chi connectivity index (χ2n) is 7.51. The number of H-pyrrole nitrogens is 1. The second-order valence-corrected chi connectivity index (χ2v) is 8.43. The minimum atomic E-state index is 1.03. The number of pyridine rings is 1. The Labute approximate surface area is 182 Å². The van der Waals surface area contributed by atoms with Gasteiger partial charge in [-0.15, -0.1) is 0 Å². The molecule has 0 fully saturated rings. The van der Waals surface area contributed by atoms with E-state index in [1.165, 1.54) is 27.3 Å². The fourth-order valence-corrected chi connectivity index (χ4v) is 4.46. The molecule has 142 valence electrons.